The first-order chi connectivity index (χ1) is 15.5. The molecule has 0 saturated heterocycles. The van der Waals surface area contributed by atoms with Gasteiger partial charge in [-0.15, -0.1) is 6.58 Å². The van der Waals surface area contributed by atoms with Crippen LogP contribution in [0.4, 0.5) is 0 Å². The molecule has 0 N–H and O–H groups in total. The number of hydrogen-bond acceptors (Lipinski definition) is 1. The van der Waals surface area contributed by atoms with Crippen LogP contribution in [-0.2, 0) is 0 Å². The highest BCUT2D eigenvalue weighted by Gasteiger charge is 2.26. The molecule has 0 heterocycles. The fourth-order valence-electron chi connectivity index (χ4n) is 5.46. The standard InChI is InChI=1S/C31H42O/c1-7-21-31(10-4,11-5)22-20-23(6)32-30-27-18-14-12-16-25(27)29(24(8-2)9-3)26-17-13-15-19-28(26)30/h7,12-19,23-24H,1,8-11,20-22H2,2-6H3. The van der Waals surface area contributed by atoms with Crippen LogP contribution in [0, 0.1) is 5.41 Å². The minimum atomic E-state index is 0.170. The minimum Gasteiger partial charge on any atom is -0.489 e. The van der Waals surface area contributed by atoms with Crippen LogP contribution in [0.15, 0.2) is 61.2 Å². The first-order valence-electron chi connectivity index (χ1n) is 12.7. The van der Waals surface area contributed by atoms with Gasteiger partial charge in [0.2, 0.25) is 0 Å². The molecule has 0 amide bonds. The molecular weight excluding hydrogens is 388 g/mol. The molecule has 0 bridgehead atoms. The molecule has 1 atom stereocenters. The Bertz CT molecular complexity index is 966. The van der Waals surface area contributed by atoms with E-state index in [1.165, 1.54) is 46.4 Å². The number of benzene rings is 3. The second-order valence-corrected chi connectivity index (χ2v) is 9.51. The number of allylic oxidation sites excluding steroid dienone is 1. The van der Waals surface area contributed by atoms with Crippen molar-refractivity contribution in [2.24, 2.45) is 5.41 Å². The number of fused-ring (bicyclic) bond motifs is 2. The molecule has 1 unspecified atom stereocenters. The zero-order chi connectivity index (χ0) is 23.1. The lowest BCUT2D eigenvalue weighted by Gasteiger charge is -2.32. The summed E-state index contributed by atoms with van der Waals surface area (Å²) in [5.74, 6) is 1.62. The molecule has 0 saturated carbocycles. The predicted molar refractivity (Wildman–Crippen MR) is 142 cm³/mol. The van der Waals surface area contributed by atoms with Gasteiger partial charge in [0.25, 0.3) is 0 Å². The lowest BCUT2D eigenvalue weighted by molar-refractivity contribution is 0.162. The van der Waals surface area contributed by atoms with Gasteiger partial charge in [0, 0.05) is 10.8 Å². The molecule has 0 aliphatic carbocycles. The van der Waals surface area contributed by atoms with Crippen molar-refractivity contribution in [3.05, 3.63) is 66.7 Å². The van der Waals surface area contributed by atoms with E-state index in [-0.39, 0.29) is 6.10 Å². The van der Waals surface area contributed by atoms with Crippen molar-refractivity contribution in [1.29, 1.82) is 0 Å². The van der Waals surface area contributed by atoms with E-state index in [2.05, 4.69) is 95.8 Å². The maximum absolute atomic E-state index is 6.78. The van der Waals surface area contributed by atoms with Crippen molar-refractivity contribution in [2.45, 2.75) is 91.6 Å². The summed E-state index contributed by atoms with van der Waals surface area (Å²) in [4.78, 5) is 0. The number of ether oxygens (including phenoxy) is 1. The Morgan fingerprint density at radius 3 is 1.78 bits per heavy atom. The molecule has 0 aliphatic heterocycles. The van der Waals surface area contributed by atoms with E-state index >= 15 is 0 Å². The molecule has 3 aromatic rings. The largest absolute Gasteiger partial charge is 0.489 e. The van der Waals surface area contributed by atoms with Crippen LogP contribution in [0.5, 0.6) is 5.75 Å². The normalized spacial score (nSPS) is 13.1. The molecule has 0 aromatic heterocycles. The highest BCUT2D eigenvalue weighted by molar-refractivity contribution is 6.08. The van der Waals surface area contributed by atoms with E-state index in [1.54, 1.807) is 0 Å². The second kappa shape index (κ2) is 11.0. The molecule has 32 heavy (non-hydrogen) atoms. The Hall–Kier alpha value is -2.28. The van der Waals surface area contributed by atoms with Crippen LogP contribution in [0.2, 0.25) is 0 Å². The van der Waals surface area contributed by atoms with Crippen LogP contribution in [-0.4, -0.2) is 6.10 Å². The highest BCUT2D eigenvalue weighted by Crippen LogP contribution is 2.44. The van der Waals surface area contributed by atoms with Gasteiger partial charge in [0.15, 0.2) is 0 Å². The Labute approximate surface area is 195 Å². The van der Waals surface area contributed by atoms with Gasteiger partial charge in [-0.05, 0) is 66.7 Å². The molecule has 0 aliphatic rings. The fourth-order valence-corrected chi connectivity index (χ4v) is 5.46. The van der Waals surface area contributed by atoms with Gasteiger partial charge in [-0.25, -0.2) is 0 Å². The molecule has 0 fully saturated rings. The monoisotopic (exact) mass is 430 g/mol. The van der Waals surface area contributed by atoms with Crippen LogP contribution in [0.3, 0.4) is 0 Å². The summed E-state index contributed by atoms with van der Waals surface area (Å²) in [6.07, 6.45) is 10.3. The lowest BCUT2D eigenvalue weighted by Crippen LogP contribution is -2.22. The third-order valence-electron chi connectivity index (χ3n) is 7.80. The van der Waals surface area contributed by atoms with Crippen LogP contribution in [0.1, 0.15) is 91.0 Å². The Balaban J connectivity index is 2.03. The molecule has 0 spiro atoms. The van der Waals surface area contributed by atoms with E-state index in [0.29, 0.717) is 11.3 Å². The molecule has 172 valence electrons. The van der Waals surface area contributed by atoms with Crippen molar-refractivity contribution < 1.29 is 4.74 Å². The molecule has 1 heteroatoms. The molecule has 3 rings (SSSR count). The van der Waals surface area contributed by atoms with Crippen molar-refractivity contribution in [3.8, 4) is 5.75 Å². The summed E-state index contributed by atoms with van der Waals surface area (Å²) in [7, 11) is 0. The molecule has 1 nitrogen and oxygen atoms in total. The van der Waals surface area contributed by atoms with Gasteiger partial charge < -0.3 is 4.74 Å². The van der Waals surface area contributed by atoms with Crippen molar-refractivity contribution in [3.63, 3.8) is 0 Å². The van der Waals surface area contributed by atoms with Crippen LogP contribution in [0.25, 0.3) is 21.5 Å². The third-order valence-corrected chi connectivity index (χ3v) is 7.80. The summed E-state index contributed by atoms with van der Waals surface area (Å²) in [6.45, 7) is 15.5. The van der Waals surface area contributed by atoms with Gasteiger partial charge in [0.1, 0.15) is 5.75 Å². The minimum absolute atomic E-state index is 0.170. The first-order valence-corrected chi connectivity index (χ1v) is 12.7. The summed E-state index contributed by atoms with van der Waals surface area (Å²) in [5, 5.41) is 5.21. The summed E-state index contributed by atoms with van der Waals surface area (Å²) in [5.41, 5.74) is 1.84. The van der Waals surface area contributed by atoms with Gasteiger partial charge >= 0.3 is 0 Å². The lowest BCUT2D eigenvalue weighted by atomic mass is 9.75. The Morgan fingerprint density at radius 1 is 0.844 bits per heavy atom. The SMILES string of the molecule is C=CCC(CC)(CC)CCC(C)Oc1c2ccccc2c(C(CC)CC)c2ccccc12. The van der Waals surface area contributed by atoms with Crippen molar-refractivity contribution in [2.75, 3.05) is 0 Å². The second-order valence-electron chi connectivity index (χ2n) is 9.51. The molecule has 3 aromatic carbocycles. The van der Waals surface area contributed by atoms with E-state index in [0.717, 1.165) is 31.4 Å². The third kappa shape index (κ3) is 4.87. The number of rotatable bonds is 12. The first kappa shape index (κ1) is 24.4. The summed E-state index contributed by atoms with van der Waals surface area (Å²) in [6, 6.07) is 17.7. The molecule has 0 radical (unpaired) electrons. The van der Waals surface area contributed by atoms with E-state index in [9.17, 15) is 0 Å². The van der Waals surface area contributed by atoms with Gasteiger partial charge in [-0.1, -0.05) is 95.1 Å². The van der Waals surface area contributed by atoms with E-state index < -0.39 is 0 Å². The topological polar surface area (TPSA) is 9.23 Å². The van der Waals surface area contributed by atoms with Crippen LogP contribution >= 0.6 is 0 Å². The zero-order valence-corrected chi connectivity index (χ0v) is 20.9. The van der Waals surface area contributed by atoms with Gasteiger partial charge in [-0.2, -0.15) is 0 Å². The zero-order valence-electron chi connectivity index (χ0n) is 20.9. The van der Waals surface area contributed by atoms with Gasteiger partial charge in [-0.3, -0.25) is 0 Å². The van der Waals surface area contributed by atoms with E-state index in [1.807, 2.05) is 0 Å². The maximum Gasteiger partial charge on any atom is 0.135 e. The fraction of sp³-hybridized carbons (Fsp3) is 0.484. The van der Waals surface area contributed by atoms with Gasteiger partial charge in [0.05, 0.1) is 6.10 Å². The van der Waals surface area contributed by atoms with E-state index in [4.69, 9.17) is 4.74 Å². The Morgan fingerprint density at radius 2 is 1.34 bits per heavy atom. The smallest absolute Gasteiger partial charge is 0.135 e. The summed E-state index contributed by atoms with van der Waals surface area (Å²) < 4.78 is 6.78. The van der Waals surface area contributed by atoms with Crippen molar-refractivity contribution in [1.82, 2.24) is 0 Å². The molecular formula is C31H42O. The quantitative estimate of drug-likeness (QED) is 0.205. The average Bonchev–Trinajstić information content (AvgIpc) is 2.84. The Kier molecular flexibility index (Phi) is 8.40. The van der Waals surface area contributed by atoms with Crippen LogP contribution < -0.4 is 4.74 Å². The maximum atomic E-state index is 6.78. The predicted octanol–water partition coefficient (Wildman–Crippen LogP) is 9.83. The average molecular weight is 431 g/mol. The number of hydrogen-bond donors (Lipinski definition) is 0. The summed E-state index contributed by atoms with van der Waals surface area (Å²) >= 11 is 0. The highest BCUT2D eigenvalue weighted by atomic mass is 16.5. The van der Waals surface area contributed by atoms with Crippen molar-refractivity contribution >= 4 is 21.5 Å².